The SMILES string of the molecule is CNC(=O)[C@@]1(Cc2ccccc2-c2ccncc2)CCN(C(=O)Cc2ccc(OC)cc2)C1. The van der Waals surface area contributed by atoms with Gasteiger partial charge in [0.15, 0.2) is 0 Å². The minimum atomic E-state index is -0.659. The molecule has 2 heterocycles. The first-order valence-electron chi connectivity index (χ1n) is 11.2. The van der Waals surface area contributed by atoms with E-state index in [1.54, 1.807) is 26.6 Å². The molecule has 1 saturated heterocycles. The molecule has 0 aliphatic carbocycles. The maximum atomic E-state index is 13.1. The van der Waals surface area contributed by atoms with E-state index in [4.69, 9.17) is 4.74 Å². The lowest BCUT2D eigenvalue weighted by Gasteiger charge is -2.28. The van der Waals surface area contributed by atoms with E-state index < -0.39 is 5.41 Å². The number of hydrogen-bond donors (Lipinski definition) is 1. The van der Waals surface area contributed by atoms with Crippen molar-refractivity contribution in [3.05, 3.63) is 84.2 Å². The molecule has 6 heteroatoms. The van der Waals surface area contributed by atoms with E-state index in [9.17, 15) is 9.59 Å². The summed E-state index contributed by atoms with van der Waals surface area (Å²) >= 11 is 0. The van der Waals surface area contributed by atoms with E-state index in [-0.39, 0.29) is 11.8 Å². The van der Waals surface area contributed by atoms with Crippen molar-refractivity contribution in [2.24, 2.45) is 5.41 Å². The third-order valence-electron chi connectivity index (χ3n) is 6.47. The van der Waals surface area contributed by atoms with Crippen LogP contribution >= 0.6 is 0 Å². The average molecular weight is 444 g/mol. The van der Waals surface area contributed by atoms with E-state index in [0.717, 1.165) is 28.0 Å². The molecule has 170 valence electrons. The smallest absolute Gasteiger partial charge is 0.228 e. The number of rotatable bonds is 7. The van der Waals surface area contributed by atoms with Gasteiger partial charge in [-0.05, 0) is 59.4 Å². The molecule has 1 aromatic heterocycles. The largest absolute Gasteiger partial charge is 0.497 e. The van der Waals surface area contributed by atoms with Gasteiger partial charge < -0.3 is 15.0 Å². The second-order valence-electron chi connectivity index (χ2n) is 8.52. The minimum absolute atomic E-state index is 0.0215. The number of benzene rings is 2. The number of nitrogens with zero attached hydrogens (tertiary/aromatic N) is 2. The zero-order valence-electron chi connectivity index (χ0n) is 19.1. The van der Waals surface area contributed by atoms with Crippen LogP contribution in [0.15, 0.2) is 73.1 Å². The van der Waals surface area contributed by atoms with Gasteiger partial charge in [0.25, 0.3) is 0 Å². The van der Waals surface area contributed by atoms with Gasteiger partial charge in [-0.25, -0.2) is 0 Å². The normalized spacial score (nSPS) is 17.6. The van der Waals surface area contributed by atoms with E-state index in [0.29, 0.717) is 32.4 Å². The first-order chi connectivity index (χ1) is 16.0. The van der Waals surface area contributed by atoms with Crippen LogP contribution in [0.1, 0.15) is 17.5 Å². The van der Waals surface area contributed by atoms with Gasteiger partial charge in [-0.15, -0.1) is 0 Å². The number of carbonyl (C=O) groups excluding carboxylic acids is 2. The maximum absolute atomic E-state index is 13.1. The number of amides is 2. The predicted molar refractivity (Wildman–Crippen MR) is 128 cm³/mol. The third kappa shape index (κ3) is 4.90. The predicted octanol–water partition coefficient (Wildman–Crippen LogP) is 3.51. The summed E-state index contributed by atoms with van der Waals surface area (Å²) in [6, 6.07) is 19.6. The molecule has 3 aromatic rings. The monoisotopic (exact) mass is 443 g/mol. The van der Waals surface area contributed by atoms with Crippen LogP contribution < -0.4 is 10.1 Å². The van der Waals surface area contributed by atoms with Crippen LogP contribution in [0.3, 0.4) is 0 Å². The van der Waals surface area contributed by atoms with Crippen molar-refractivity contribution < 1.29 is 14.3 Å². The van der Waals surface area contributed by atoms with Crippen LogP contribution in [0.25, 0.3) is 11.1 Å². The molecule has 2 aromatic carbocycles. The number of hydrogen-bond acceptors (Lipinski definition) is 4. The Morgan fingerprint density at radius 1 is 1.06 bits per heavy atom. The molecule has 0 radical (unpaired) electrons. The average Bonchev–Trinajstić information content (AvgIpc) is 3.30. The summed E-state index contributed by atoms with van der Waals surface area (Å²) in [7, 11) is 3.29. The highest BCUT2D eigenvalue weighted by molar-refractivity contribution is 5.86. The van der Waals surface area contributed by atoms with Crippen molar-refractivity contribution in [2.45, 2.75) is 19.3 Å². The molecule has 1 aliphatic heterocycles. The first-order valence-corrected chi connectivity index (χ1v) is 11.2. The summed E-state index contributed by atoms with van der Waals surface area (Å²) in [5.41, 5.74) is 3.52. The number of aromatic nitrogens is 1. The van der Waals surface area contributed by atoms with E-state index in [2.05, 4.69) is 22.4 Å². The van der Waals surface area contributed by atoms with Crippen molar-refractivity contribution in [2.75, 3.05) is 27.2 Å². The van der Waals surface area contributed by atoms with Gasteiger partial charge >= 0.3 is 0 Å². The van der Waals surface area contributed by atoms with E-state index >= 15 is 0 Å². The first kappa shape index (κ1) is 22.5. The summed E-state index contributed by atoms with van der Waals surface area (Å²) in [5, 5.41) is 2.85. The van der Waals surface area contributed by atoms with Gasteiger partial charge in [-0.3, -0.25) is 14.6 Å². The second kappa shape index (κ2) is 9.86. The zero-order chi connectivity index (χ0) is 23.3. The molecule has 2 amide bonds. The number of likely N-dealkylation sites (tertiary alicyclic amines) is 1. The summed E-state index contributed by atoms with van der Waals surface area (Å²) in [4.78, 5) is 32.1. The lowest BCUT2D eigenvalue weighted by atomic mass is 9.78. The minimum Gasteiger partial charge on any atom is -0.497 e. The Bertz CT molecular complexity index is 1110. The Balaban J connectivity index is 1.55. The lowest BCUT2D eigenvalue weighted by Crippen LogP contribution is -2.44. The van der Waals surface area contributed by atoms with Crippen LogP contribution in [0, 0.1) is 5.41 Å². The molecule has 1 fully saturated rings. The Kier molecular flexibility index (Phi) is 6.73. The highest BCUT2D eigenvalue weighted by Gasteiger charge is 2.45. The number of methoxy groups -OCH3 is 1. The van der Waals surface area contributed by atoms with Crippen LogP contribution in [0.5, 0.6) is 5.75 Å². The molecule has 1 aliphatic rings. The van der Waals surface area contributed by atoms with Gasteiger partial charge in [0.2, 0.25) is 11.8 Å². The van der Waals surface area contributed by atoms with Crippen LogP contribution in [0.4, 0.5) is 0 Å². The lowest BCUT2D eigenvalue weighted by molar-refractivity contribution is -0.132. The number of ether oxygens (including phenoxy) is 1. The number of pyridine rings is 1. The second-order valence-corrected chi connectivity index (χ2v) is 8.52. The standard InChI is InChI=1S/C27H29N3O3/c1-28-26(32)27(18-22-5-3-4-6-24(22)21-11-14-29-15-12-21)13-16-30(19-27)25(31)17-20-7-9-23(33-2)10-8-20/h3-12,14-15H,13,16-19H2,1-2H3,(H,28,32)/t27-/m1/s1. The van der Waals surface area contributed by atoms with Crippen LogP contribution in [0.2, 0.25) is 0 Å². The van der Waals surface area contributed by atoms with Crippen molar-refractivity contribution in [3.8, 4) is 16.9 Å². The fraction of sp³-hybridized carbons (Fsp3) is 0.296. The summed E-state index contributed by atoms with van der Waals surface area (Å²) in [6.07, 6.45) is 5.05. The van der Waals surface area contributed by atoms with Crippen molar-refractivity contribution in [1.29, 1.82) is 0 Å². The highest BCUT2D eigenvalue weighted by atomic mass is 16.5. The molecule has 0 bridgehead atoms. The fourth-order valence-electron chi connectivity index (χ4n) is 4.64. The molecule has 0 unspecified atom stereocenters. The Morgan fingerprint density at radius 3 is 2.48 bits per heavy atom. The number of carbonyl (C=O) groups is 2. The molecule has 4 rings (SSSR count). The van der Waals surface area contributed by atoms with Crippen molar-refractivity contribution in [3.63, 3.8) is 0 Å². The van der Waals surface area contributed by atoms with Gasteiger partial charge in [0.1, 0.15) is 5.75 Å². The molecular weight excluding hydrogens is 414 g/mol. The van der Waals surface area contributed by atoms with Gasteiger partial charge in [-0.1, -0.05) is 36.4 Å². The summed E-state index contributed by atoms with van der Waals surface area (Å²) in [5.74, 6) is 0.777. The van der Waals surface area contributed by atoms with Crippen molar-refractivity contribution >= 4 is 11.8 Å². The molecule has 0 saturated carbocycles. The molecule has 1 N–H and O–H groups in total. The molecule has 0 spiro atoms. The van der Waals surface area contributed by atoms with Crippen LogP contribution in [-0.4, -0.2) is 48.9 Å². The summed E-state index contributed by atoms with van der Waals surface area (Å²) in [6.45, 7) is 0.978. The van der Waals surface area contributed by atoms with Gasteiger partial charge in [0.05, 0.1) is 18.9 Å². The zero-order valence-corrected chi connectivity index (χ0v) is 19.1. The quantitative estimate of drug-likeness (QED) is 0.607. The maximum Gasteiger partial charge on any atom is 0.228 e. The number of nitrogens with one attached hydrogen (secondary N) is 1. The molecule has 6 nitrogen and oxygen atoms in total. The topological polar surface area (TPSA) is 71.5 Å². The Labute approximate surface area is 194 Å². The van der Waals surface area contributed by atoms with Gasteiger partial charge in [0, 0.05) is 32.5 Å². The third-order valence-corrected chi connectivity index (χ3v) is 6.47. The van der Waals surface area contributed by atoms with E-state index in [1.165, 1.54) is 0 Å². The Morgan fingerprint density at radius 2 is 1.79 bits per heavy atom. The van der Waals surface area contributed by atoms with Crippen LogP contribution in [-0.2, 0) is 22.4 Å². The van der Waals surface area contributed by atoms with Crippen molar-refractivity contribution in [1.82, 2.24) is 15.2 Å². The molecule has 33 heavy (non-hydrogen) atoms. The Hall–Kier alpha value is -3.67. The van der Waals surface area contributed by atoms with E-state index in [1.807, 2.05) is 53.4 Å². The highest BCUT2D eigenvalue weighted by Crippen LogP contribution is 2.37. The fourth-order valence-corrected chi connectivity index (χ4v) is 4.64. The molecular formula is C27H29N3O3. The summed E-state index contributed by atoms with van der Waals surface area (Å²) < 4.78 is 5.19. The van der Waals surface area contributed by atoms with Gasteiger partial charge in [-0.2, -0.15) is 0 Å². The molecule has 1 atom stereocenters.